The van der Waals surface area contributed by atoms with Crippen LogP contribution in [-0.4, -0.2) is 35.6 Å². The van der Waals surface area contributed by atoms with Crippen LogP contribution in [0.2, 0.25) is 0 Å². The first-order valence-corrected chi connectivity index (χ1v) is 7.55. The molecule has 0 bridgehead atoms. The molecule has 1 atom stereocenters. The summed E-state index contributed by atoms with van der Waals surface area (Å²) in [5, 5.41) is 9.06. The molecule has 1 aliphatic heterocycles. The van der Waals surface area contributed by atoms with Crippen molar-refractivity contribution in [2.75, 3.05) is 19.7 Å². The Morgan fingerprint density at radius 1 is 1.30 bits per heavy atom. The van der Waals surface area contributed by atoms with E-state index in [0.717, 1.165) is 32.4 Å². The number of carbonyl (C=O) groups is 1. The van der Waals surface area contributed by atoms with E-state index in [2.05, 4.69) is 31.2 Å². The Labute approximate surface area is 121 Å². The van der Waals surface area contributed by atoms with Gasteiger partial charge in [-0.2, -0.15) is 0 Å². The highest BCUT2D eigenvalue weighted by Crippen LogP contribution is 2.22. The second-order valence-electron chi connectivity index (χ2n) is 6.04. The third-order valence-electron chi connectivity index (χ3n) is 4.27. The summed E-state index contributed by atoms with van der Waals surface area (Å²) in [4.78, 5) is 13.9. The molecule has 0 spiro atoms. The molecule has 0 aromatic heterocycles. The minimum Gasteiger partial charge on any atom is -0.396 e. The molecule has 1 fully saturated rings. The first-order chi connectivity index (χ1) is 9.60. The van der Waals surface area contributed by atoms with Gasteiger partial charge in [-0.25, -0.2) is 0 Å². The van der Waals surface area contributed by atoms with Crippen LogP contribution in [-0.2, 0) is 11.2 Å². The number of nitrogens with zero attached hydrogens (tertiary/aromatic N) is 1. The largest absolute Gasteiger partial charge is 0.396 e. The molecular formula is C17H25NO2. The zero-order valence-corrected chi connectivity index (χ0v) is 12.5. The Morgan fingerprint density at radius 3 is 2.45 bits per heavy atom. The van der Waals surface area contributed by atoms with Crippen molar-refractivity contribution in [3.8, 4) is 0 Å². The van der Waals surface area contributed by atoms with Crippen molar-refractivity contribution in [3.05, 3.63) is 35.4 Å². The molecular weight excluding hydrogens is 250 g/mol. The molecule has 3 heteroatoms. The van der Waals surface area contributed by atoms with Gasteiger partial charge in [-0.15, -0.1) is 0 Å². The smallest absolute Gasteiger partial charge is 0.227 e. The first kappa shape index (κ1) is 15.0. The van der Waals surface area contributed by atoms with Crippen molar-refractivity contribution in [1.82, 2.24) is 4.90 Å². The van der Waals surface area contributed by atoms with E-state index in [4.69, 9.17) is 5.11 Å². The maximum Gasteiger partial charge on any atom is 0.227 e. The van der Waals surface area contributed by atoms with Gasteiger partial charge >= 0.3 is 0 Å². The summed E-state index contributed by atoms with van der Waals surface area (Å²) in [7, 11) is 0. The van der Waals surface area contributed by atoms with Gasteiger partial charge in [0.25, 0.3) is 0 Å². The average molecular weight is 275 g/mol. The molecule has 2 rings (SSSR count). The van der Waals surface area contributed by atoms with E-state index < -0.39 is 0 Å². The van der Waals surface area contributed by atoms with Crippen LogP contribution in [0.1, 0.15) is 30.9 Å². The maximum atomic E-state index is 12.0. The molecule has 110 valence electrons. The summed E-state index contributed by atoms with van der Waals surface area (Å²) in [5.41, 5.74) is 2.69. The summed E-state index contributed by atoms with van der Waals surface area (Å²) in [6.45, 7) is 5.51. The van der Waals surface area contributed by atoms with Crippen molar-refractivity contribution in [3.63, 3.8) is 0 Å². The molecule has 3 nitrogen and oxygen atoms in total. The van der Waals surface area contributed by atoms with E-state index in [0.29, 0.717) is 5.92 Å². The van der Waals surface area contributed by atoms with Crippen molar-refractivity contribution < 1.29 is 9.90 Å². The van der Waals surface area contributed by atoms with Gasteiger partial charge in [-0.1, -0.05) is 36.8 Å². The number of aryl methyl sites for hydroxylation is 1. The molecule has 1 aromatic rings. The van der Waals surface area contributed by atoms with Crippen molar-refractivity contribution in [2.45, 2.75) is 33.1 Å². The number of aliphatic hydroxyl groups is 1. The Bertz CT molecular complexity index is 433. The van der Waals surface area contributed by atoms with E-state index in [1.54, 1.807) is 6.92 Å². The van der Waals surface area contributed by atoms with Crippen LogP contribution in [0.25, 0.3) is 0 Å². The number of carbonyl (C=O) groups excluding carboxylic acids is 1. The van der Waals surface area contributed by atoms with Crippen LogP contribution < -0.4 is 0 Å². The second-order valence-corrected chi connectivity index (χ2v) is 6.04. The third-order valence-corrected chi connectivity index (χ3v) is 4.27. The lowest BCUT2D eigenvalue weighted by Crippen LogP contribution is -2.42. The topological polar surface area (TPSA) is 40.5 Å². The van der Waals surface area contributed by atoms with Gasteiger partial charge in [0.2, 0.25) is 5.91 Å². The monoisotopic (exact) mass is 275 g/mol. The quantitative estimate of drug-likeness (QED) is 0.916. The van der Waals surface area contributed by atoms with E-state index >= 15 is 0 Å². The van der Waals surface area contributed by atoms with Crippen molar-refractivity contribution >= 4 is 5.91 Å². The minimum absolute atomic E-state index is 0.0534. The van der Waals surface area contributed by atoms with Gasteiger partial charge in [0.15, 0.2) is 0 Å². The van der Waals surface area contributed by atoms with Crippen LogP contribution in [0.5, 0.6) is 0 Å². The highest BCUT2D eigenvalue weighted by atomic mass is 16.3. The number of likely N-dealkylation sites (tertiary alicyclic amines) is 1. The molecule has 1 unspecified atom stereocenters. The summed E-state index contributed by atoms with van der Waals surface area (Å²) in [6, 6.07) is 8.75. The number of amides is 1. The standard InChI is InChI=1S/C17H25NO2/c1-13-3-5-15(6-4-13)11-16-7-9-18(10-8-16)17(20)14(2)12-19/h3-6,14,16,19H,7-12H2,1-2H3. The fourth-order valence-electron chi connectivity index (χ4n) is 2.80. The Morgan fingerprint density at radius 2 is 1.90 bits per heavy atom. The van der Waals surface area contributed by atoms with E-state index in [1.807, 2.05) is 4.90 Å². The molecule has 1 saturated heterocycles. The van der Waals surface area contributed by atoms with Crippen LogP contribution in [0, 0.1) is 18.8 Å². The van der Waals surface area contributed by atoms with Gasteiger partial charge in [-0.3, -0.25) is 4.79 Å². The SMILES string of the molecule is Cc1ccc(CC2CCN(C(=O)C(C)CO)CC2)cc1. The van der Waals surface area contributed by atoms with Crippen LogP contribution in [0.15, 0.2) is 24.3 Å². The van der Waals surface area contributed by atoms with Crippen molar-refractivity contribution in [2.24, 2.45) is 11.8 Å². The minimum atomic E-state index is -0.261. The molecule has 20 heavy (non-hydrogen) atoms. The van der Waals surface area contributed by atoms with Crippen LogP contribution >= 0.6 is 0 Å². The molecule has 1 aromatic carbocycles. The van der Waals surface area contributed by atoms with Crippen LogP contribution in [0.3, 0.4) is 0 Å². The number of piperidine rings is 1. The summed E-state index contributed by atoms with van der Waals surface area (Å²) < 4.78 is 0. The number of aliphatic hydroxyl groups excluding tert-OH is 1. The van der Waals surface area contributed by atoms with E-state index in [1.165, 1.54) is 11.1 Å². The Kier molecular flexibility index (Phi) is 5.18. The number of rotatable bonds is 4. The van der Waals surface area contributed by atoms with Gasteiger partial charge in [0.1, 0.15) is 0 Å². The Hall–Kier alpha value is -1.35. The molecule has 0 radical (unpaired) electrons. The summed E-state index contributed by atoms with van der Waals surface area (Å²) >= 11 is 0. The molecule has 1 amide bonds. The van der Waals surface area contributed by atoms with Gasteiger partial charge < -0.3 is 10.0 Å². The predicted molar refractivity (Wildman–Crippen MR) is 80.4 cm³/mol. The highest BCUT2D eigenvalue weighted by molar-refractivity contribution is 5.78. The number of hydrogen-bond donors (Lipinski definition) is 1. The highest BCUT2D eigenvalue weighted by Gasteiger charge is 2.25. The lowest BCUT2D eigenvalue weighted by molar-refractivity contribution is -0.137. The average Bonchev–Trinajstić information content (AvgIpc) is 2.49. The zero-order chi connectivity index (χ0) is 14.5. The fourth-order valence-corrected chi connectivity index (χ4v) is 2.80. The summed E-state index contributed by atoms with van der Waals surface area (Å²) in [5.74, 6) is 0.510. The second kappa shape index (κ2) is 6.89. The molecule has 1 aliphatic rings. The first-order valence-electron chi connectivity index (χ1n) is 7.55. The van der Waals surface area contributed by atoms with Crippen LogP contribution in [0.4, 0.5) is 0 Å². The molecule has 0 saturated carbocycles. The van der Waals surface area contributed by atoms with E-state index in [9.17, 15) is 4.79 Å². The van der Waals surface area contributed by atoms with E-state index in [-0.39, 0.29) is 18.4 Å². The molecule has 1 N–H and O–H groups in total. The maximum absolute atomic E-state index is 12.0. The van der Waals surface area contributed by atoms with Gasteiger partial charge in [-0.05, 0) is 37.7 Å². The predicted octanol–water partition coefficient (Wildman–Crippen LogP) is 2.40. The Balaban J connectivity index is 1.82. The molecule has 1 heterocycles. The number of benzene rings is 1. The number of hydrogen-bond acceptors (Lipinski definition) is 2. The summed E-state index contributed by atoms with van der Waals surface area (Å²) in [6.07, 6.45) is 3.24. The lowest BCUT2D eigenvalue weighted by Gasteiger charge is -2.33. The normalized spacial score (nSPS) is 18.1. The third kappa shape index (κ3) is 3.83. The lowest BCUT2D eigenvalue weighted by atomic mass is 9.89. The van der Waals surface area contributed by atoms with Gasteiger partial charge in [0.05, 0.1) is 12.5 Å². The van der Waals surface area contributed by atoms with Crippen molar-refractivity contribution in [1.29, 1.82) is 0 Å². The zero-order valence-electron chi connectivity index (χ0n) is 12.5. The fraction of sp³-hybridized carbons (Fsp3) is 0.588. The molecule has 0 aliphatic carbocycles. The van der Waals surface area contributed by atoms with Gasteiger partial charge in [0, 0.05) is 13.1 Å².